The predicted molar refractivity (Wildman–Crippen MR) is 82.7 cm³/mol. The van der Waals surface area contributed by atoms with Crippen molar-refractivity contribution in [1.29, 1.82) is 0 Å². The summed E-state index contributed by atoms with van der Waals surface area (Å²) in [5.74, 6) is 0.795. The van der Waals surface area contributed by atoms with Gasteiger partial charge in [-0.1, -0.05) is 11.6 Å². The quantitative estimate of drug-likeness (QED) is 0.751. The number of carboxylic acid groups (broad SMARTS) is 1. The maximum Gasteiger partial charge on any atom is 0.407 e. The SMILES string of the molecule is O=C(O)N1Cc2ncnc(Oc3ccc4[nH]ccc4c3Cl)c2C1. The number of ether oxygens (including phenoxy) is 1. The molecule has 0 atom stereocenters. The second-order valence-corrected chi connectivity index (χ2v) is 5.54. The molecule has 23 heavy (non-hydrogen) atoms. The third kappa shape index (κ3) is 2.25. The maximum atomic E-state index is 11.1. The zero-order valence-corrected chi connectivity index (χ0v) is 12.5. The number of amides is 1. The van der Waals surface area contributed by atoms with Crippen LogP contribution in [0.2, 0.25) is 5.02 Å². The minimum absolute atomic E-state index is 0.199. The molecule has 0 radical (unpaired) electrons. The van der Waals surface area contributed by atoms with E-state index < -0.39 is 6.09 Å². The molecule has 0 saturated heterocycles. The lowest BCUT2D eigenvalue weighted by Gasteiger charge is -2.11. The number of H-pyrrole nitrogens is 1. The third-order valence-electron chi connectivity index (χ3n) is 3.80. The van der Waals surface area contributed by atoms with Crippen LogP contribution in [0.1, 0.15) is 11.3 Å². The molecule has 3 heterocycles. The van der Waals surface area contributed by atoms with E-state index in [2.05, 4.69) is 15.0 Å². The number of benzene rings is 1. The Balaban J connectivity index is 1.71. The molecule has 8 heteroatoms. The Kier molecular flexibility index (Phi) is 3.09. The maximum absolute atomic E-state index is 11.1. The molecule has 3 aromatic rings. The molecule has 0 unspecified atom stereocenters. The summed E-state index contributed by atoms with van der Waals surface area (Å²) in [6, 6.07) is 5.47. The van der Waals surface area contributed by atoms with E-state index in [1.54, 1.807) is 12.3 Å². The highest BCUT2D eigenvalue weighted by Crippen LogP contribution is 2.37. The van der Waals surface area contributed by atoms with Crippen LogP contribution in [-0.4, -0.2) is 31.1 Å². The number of hydrogen-bond acceptors (Lipinski definition) is 4. The average molecular weight is 331 g/mol. The number of nitrogens with zero attached hydrogens (tertiary/aromatic N) is 3. The highest BCUT2D eigenvalue weighted by atomic mass is 35.5. The smallest absolute Gasteiger partial charge is 0.407 e. The van der Waals surface area contributed by atoms with Gasteiger partial charge in [0, 0.05) is 17.1 Å². The van der Waals surface area contributed by atoms with Crippen LogP contribution in [0, 0.1) is 0 Å². The van der Waals surface area contributed by atoms with Gasteiger partial charge in [-0.2, -0.15) is 0 Å². The van der Waals surface area contributed by atoms with Crippen molar-refractivity contribution in [3.63, 3.8) is 0 Å². The molecule has 1 aliphatic rings. The van der Waals surface area contributed by atoms with Gasteiger partial charge in [-0.05, 0) is 18.2 Å². The molecule has 0 bridgehead atoms. The largest absolute Gasteiger partial charge is 0.465 e. The van der Waals surface area contributed by atoms with Crippen molar-refractivity contribution in [2.75, 3.05) is 0 Å². The first-order valence-electron chi connectivity index (χ1n) is 6.87. The van der Waals surface area contributed by atoms with Gasteiger partial charge in [0.15, 0.2) is 0 Å². The van der Waals surface area contributed by atoms with Crippen LogP contribution in [0.4, 0.5) is 4.79 Å². The van der Waals surface area contributed by atoms with Gasteiger partial charge < -0.3 is 14.8 Å². The van der Waals surface area contributed by atoms with Crippen LogP contribution >= 0.6 is 11.6 Å². The molecule has 2 aromatic heterocycles. The molecule has 116 valence electrons. The summed E-state index contributed by atoms with van der Waals surface area (Å²) >= 11 is 6.37. The van der Waals surface area contributed by atoms with Crippen LogP contribution in [0.3, 0.4) is 0 Å². The number of fused-ring (bicyclic) bond motifs is 2. The van der Waals surface area contributed by atoms with E-state index in [1.165, 1.54) is 11.2 Å². The van der Waals surface area contributed by atoms with Crippen LogP contribution in [0.15, 0.2) is 30.7 Å². The van der Waals surface area contributed by atoms with Gasteiger partial charge in [0.2, 0.25) is 5.88 Å². The Morgan fingerprint density at radius 3 is 3.00 bits per heavy atom. The predicted octanol–water partition coefficient (Wildman–Crippen LogP) is 3.40. The van der Waals surface area contributed by atoms with Crippen molar-refractivity contribution >= 4 is 28.6 Å². The van der Waals surface area contributed by atoms with E-state index in [0.29, 0.717) is 27.9 Å². The van der Waals surface area contributed by atoms with Crippen molar-refractivity contribution in [3.8, 4) is 11.6 Å². The molecule has 1 amide bonds. The van der Waals surface area contributed by atoms with Gasteiger partial charge in [-0.15, -0.1) is 0 Å². The summed E-state index contributed by atoms with van der Waals surface area (Å²) in [6.45, 7) is 0.430. The first-order valence-corrected chi connectivity index (χ1v) is 7.25. The fourth-order valence-electron chi connectivity index (χ4n) is 2.64. The number of rotatable bonds is 2. The van der Waals surface area contributed by atoms with Crippen molar-refractivity contribution in [2.45, 2.75) is 13.1 Å². The molecule has 2 N–H and O–H groups in total. The third-order valence-corrected chi connectivity index (χ3v) is 4.18. The number of aromatic amines is 1. The molecule has 0 aliphatic carbocycles. The van der Waals surface area contributed by atoms with Crippen molar-refractivity contribution in [1.82, 2.24) is 19.9 Å². The van der Waals surface area contributed by atoms with Gasteiger partial charge in [0.05, 0.1) is 29.4 Å². The first kappa shape index (κ1) is 13.8. The Labute approximate surface area is 135 Å². The van der Waals surface area contributed by atoms with Gasteiger partial charge >= 0.3 is 6.09 Å². The van der Waals surface area contributed by atoms with Crippen molar-refractivity contribution < 1.29 is 14.6 Å². The average Bonchev–Trinajstić information content (AvgIpc) is 3.17. The van der Waals surface area contributed by atoms with Gasteiger partial charge in [-0.25, -0.2) is 14.8 Å². The zero-order valence-electron chi connectivity index (χ0n) is 11.8. The van der Waals surface area contributed by atoms with E-state index in [4.69, 9.17) is 21.4 Å². The second-order valence-electron chi connectivity index (χ2n) is 5.16. The van der Waals surface area contributed by atoms with Gasteiger partial charge in [0.1, 0.15) is 12.1 Å². The van der Waals surface area contributed by atoms with Crippen molar-refractivity contribution in [2.24, 2.45) is 0 Å². The molecular weight excluding hydrogens is 320 g/mol. The van der Waals surface area contributed by atoms with Crippen LogP contribution in [0.5, 0.6) is 11.6 Å². The van der Waals surface area contributed by atoms with Crippen LogP contribution < -0.4 is 4.74 Å². The van der Waals surface area contributed by atoms with Crippen LogP contribution in [-0.2, 0) is 13.1 Å². The fourth-order valence-corrected chi connectivity index (χ4v) is 2.90. The van der Waals surface area contributed by atoms with E-state index in [1.807, 2.05) is 12.1 Å². The molecule has 1 aromatic carbocycles. The lowest BCUT2D eigenvalue weighted by molar-refractivity contribution is 0.144. The number of nitrogens with one attached hydrogen (secondary N) is 1. The zero-order chi connectivity index (χ0) is 16.0. The Morgan fingerprint density at radius 1 is 1.30 bits per heavy atom. The van der Waals surface area contributed by atoms with Gasteiger partial charge in [0.25, 0.3) is 0 Å². The molecule has 4 rings (SSSR count). The molecule has 7 nitrogen and oxygen atoms in total. The molecule has 0 spiro atoms. The molecular formula is C15H11ClN4O3. The van der Waals surface area contributed by atoms with E-state index in [-0.39, 0.29) is 13.1 Å². The van der Waals surface area contributed by atoms with E-state index in [9.17, 15) is 4.79 Å². The number of carbonyl (C=O) groups is 1. The Morgan fingerprint density at radius 2 is 2.17 bits per heavy atom. The molecule has 0 fully saturated rings. The minimum Gasteiger partial charge on any atom is -0.465 e. The lowest BCUT2D eigenvalue weighted by atomic mass is 10.2. The van der Waals surface area contributed by atoms with Gasteiger partial charge in [-0.3, -0.25) is 4.90 Å². The lowest BCUT2D eigenvalue weighted by Crippen LogP contribution is -2.22. The normalized spacial score (nSPS) is 13.3. The molecule has 0 saturated carbocycles. The summed E-state index contributed by atoms with van der Waals surface area (Å²) in [5, 5.41) is 10.4. The highest BCUT2D eigenvalue weighted by molar-refractivity contribution is 6.36. The van der Waals surface area contributed by atoms with E-state index in [0.717, 1.165) is 10.9 Å². The Hall–Kier alpha value is -2.80. The summed E-state index contributed by atoms with van der Waals surface area (Å²) < 4.78 is 5.84. The second kappa shape index (κ2) is 5.13. The number of aromatic nitrogens is 3. The van der Waals surface area contributed by atoms with E-state index >= 15 is 0 Å². The monoisotopic (exact) mass is 330 g/mol. The summed E-state index contributed by atoms with van der Waals surface area (Å²) in [4.78, 5) is 23.7. The van der Waals surface area contributed by atoms with Crippen molar-refractivity contribution in [3.05, 3.63) is 47.0 Å². The minimum atomic E-state index is -0.999. The molecule has 1 aliphatic heterocycles. The first-order chi connectivity index (χ1) is 11.1. The summed E-state index contributed by atoms with van der Waals surface area (Å²) in [6.07, 6.45) is 2.16. The number of halogens is 1. The highest BCUT2D eigenvalue weighted by Gasteiger charge is 2.28. The summed E-state index contributed by atoms with van der Waals surface area (Å²) in [5.41, 5.74) is 2.23. The number of hydrogen-bond donors (Lipinski definition) is 2. The van der Waals surface area contributed by atoms with Crippen LogP contribution in [0.25, 0.3) is 10.9 Å². The fraction of sp³-hybridized carbons (Fsp3) is 0.133. The Bertz CT molecular complexity index is 924. The standard InChI is InChI=1S/C15H11ClN4O3/c16-13-8-3-4-17-10(8)1-2-12(13)23-14-9-5-20(15(21)22)6-11(9)18-7-19-14/h1-4,7,17H,5-6H2,(H,21,22). The summed E-state index contributed by atoms with van der Waals surface area (Å²) in [7, 11) is 0. The topological polar surface area (TPSA) is 91.3 Å².